The topological polar surface area (TPSA) is 58.6 Å². The number of hydrogen-bond acceptors (Lipinski definition) is 4. The minimum atomic E-state index is -0.344. The summed E-state index contributed by atoms with van der Waals surface area (Å²) in [7, 11) is 1.81. The smallest absolute Gasteiger partial charge is 0.325 e. The number of nitrogens with one attached hydrogen (secondary N) is 1. The van der Waals surface area contributed by atoms with E-state index >= 15 is 0 Å². The molecule has 1 unspecified atom stereocenters. The summed E-state index contributed by atoms with van der Waals surface area (Å²) in [6, 6.07) is 0. The number of carbonyl (C=O) groups is 2. The fraction of sp³-hybridized carbons (Fsp3) is 0.846. The summed E-state index contributed by atoms with van der Waals surface area (Å²) in [6.07, 6.45) is 0. The van der Waals surface area contributed by atoms with Crippen LogP contribution >= 0.6 is 0 Å². The summed E-state index contributed by atoms with van der Waals surface area (Å²) in [5.74, 6) is -0.164. The van der Waals surface area contributed by atoms with Crippen LogP contribution in [0.5, 0.6) is 0 Å². The van der Waals surface area contributed by atoms with Crippen LogP contribution in [0.1, 0.15) is 27.7 Å². The van der Waals surface area contributed by atoms with Gasteiger partial charge in [-0.2, -0.15) is 0 Å². The molecule has 1 amide bonds. The van der Waals surface area contributed by atoms with Crippen molar-refractivity contribution in [3.8, 4) is 0 Å². The number of nitrogens with zero attached hydrogens (tertiary/aromatic N) is 1. The van der Waals surface area contributed by atoms with Gasteiger partial charge in [0, 0.05) is 19.0 Å². The molecule has 0 fully saturated rings. The van der Waals surface area contributed by atoms with Gasteiger partial charge in [0.2, 0.25) is 5.91 Å². The maximum Gasteiger partial charge on any atom is 0.325 e. The fourth-order valence-corrected chi connectivity index (χ4v) is 1.74. The summed E-state index contributed by atoms with van der Waals surface area (Å²) in [6.45, 7) is 9.23. The van der Waals surface area contributed by atoms with Gasteiger partial charge in [-0.05, 0) is 19.9 Å². The van der Waals surface area contributed by atoms with Crippen molar-refractivity contribution in [1.82, 2.24) is 10.2 Å². The fourth-order valence-electron chi connectivity index (χ4n) is 1.74. The van der Waals surface area contributed by atoms with Crippen molar-refractivity contribution in [1.29, 1.82) is 0 Å². The molecule has 106 valence electrons. The summed E-state index contributed by atoms with van der Waals surface area (Å²) >= 11 is 0. The Labute approximate surface area is 110 Å². The number of amides is 1. The first-order chi connectivity index (χ1) is 8.42. The summed E-state index contributed by atoms with van der Waals surface area (Å²) < 4.78 is 4.90. The van der Waals surface area contributed by atoms with Crippen molar-refractivity contribution in [2.24, 2.45) is 11.8 Å². The molecule has 0 spiro atoms. The van der Waals surface area contributed by atoms with E-state index in [4.69, 9.17) is 4.74 Å². The zero-order chi connectivity index (χ0) is 14.1. The summed E-state index contributed by atoms with van der Waals surface area (Å²) in [4.78, 5) is 25.3. The predicted molar refractivity (Wildman–Crippen MR) is 71.1 cm³/mol. The van der Waals surface area contributed by atoms with Crippen molar-refractivity contribution in [2.75, 3.05) is 33.3 Å². The second-order valence-corrected chi connectivity index (χ2v) is 4.88. The first-order valence-electron chi connectivity index (χ1n) is 6.51. The lowest BCUT2D eigenvalue weighted by molar-refractivity contribution is -0.150. The minimum Gasteiger partial charge on any atom is -0.465 e. The van der Waals surface area contributed by atoms with E-state index in [-0.39, 0.29) is 24.3 Å². The van der Waals surface area contributed by atoms with Crippen molar-refractivity contribution in [3.63, 3.8) is 0 Å². The van der Waals surface area contributed by atoms with E-state index in [0.717, 1.165) is 0 Å². The Morgan fingerprint density at radius 3 is 2.33 bits per heavy atom. The predicted octanol–water partition coefficient (Wildman–Crippen LogP) is 0.890. The van der Waals surface area contributed by atoms with Crippen LogP contribution in [0.3, 0.4) is 0 Å². The van der Waals surface area contributed by atoms with Gasteiger partial charge in [-0.3, -0.25) is 9.59 Å². The van der Waals surface area contributed by atoms with Crippen LogP contribution in [-0.2, 0) is 14.3 Å². The zero-order valence-corrected chi connectivity index (χ0v) is 12.2. The van der Waals surface area contributed by atoms with Gasteiger partial charge in [-0.15, -0.1) is 0 Å². The van der Waals surface area contributed by atoms with Gasteiger partial charge in [0.1, 0.15) is 6.54 Å². The Hall–Kier alpha value is -1.10. The standard InChI is InChI=1S/C13H26N2O3/c1-6-18-12(16)9-15(8-10(2)3)13(17)11(4)7-14-5/h10-11,14H,6-9H2,1-5H3. The molecule has 0 bridgehead atoms. The molecule has 0 saturated heterocycles. The van der Waals surface area contributed by atoms with E-state index in [9.17, 15) is 9.59 Å². The van der Waals surface area contributed by atoms with Gasteiger partial charge < -0.3 is 15.0 Å². The number of rotatable bonds is 8. The molecule has 5 nitrogen and oxygen atoms in total. The summed E-state index contributed by atoms with van der Waals surface area (Å²) in [5.41, 5.74) is 0. The molecule has 0 radical (unpaired) electrons. The maximum atomic E-state index is 12.2. The monoisotopic (exact) mass is 258 g/mol. The Bertz CT molecular complexity index is 267. The van der Waals surface area contributed by atoms with Crippen LogP contribution in [0.4, 0.5) is 0 Å². The molecule has 18 heavy (non-hydrogen) atoms. The zero-order valence-electron chi connectivity index (χ0n) is 12.2. The molecule has 0 aliphatic carbocycles. The molecule has 0 saturated carbocycles. The third kappa shape index (κ3) is 6.59. The third-order valence-electron chi connectivity index (χ3n) is 2.45. The molecule has 0 rings (SSSR count). The van der Waals surface area contributed by atoms with Crippen LogP contribution in [0.2, 0.25) is 0 Å². The van der Waals surface area contributed by atoms with E-state index < -0.39 is 0 Å². The molecule has 1 atom stereocenters. The van der Waals surface area contributed by atoms with Crippen LogP contribution < -0.4 is 5.32 Å². The highest BCUT2D eigenvalue weighted by Gasteiger charge is 2.23. The van der Waals surface area contributed by atoms with Crippen molar-refractivity contribution >= 4 is 11.9 Å². The highest BCUT2D eigenvalue weighted by molar-refractivity contribution is 5.83. The molecule has 0 aliphatic heterocycles. The summed E-state index contributed by atoms with van der Waals surface area (Å²) in [5, 5.41) is 2.97. The first kappa shape index (κ1) is 16.9. The van der Waals surface area contributed by atoms with E-state index in [1.54, 1.807) is 11.8 Å². The van der Waals surface area contributed by atoms with Gasteiger partial charge in [0.25, 0.3) is 0 Å². The van der Waals surface area contributed by atoms with Gasteiger partial charge in [-0.25, -0.2) is 0 Å². The molecular weight excluding hydrogens is 232 g/mol. The van der Waals surface area contributed by atoms with Gasteiger partial charge in [-0.1, -0.05) is 20.8 Å². The van der Waals surface area contributed by atoms with Crippen LogP contribution in [0.15, 0.2) is 0 Å². The SMILES string of the molecule is CCOC(=O)CN(CC(C)C)C(=O)C(C)CNC. The first-order valence-corrected chi connectivity index (χ1v) is 6.51. The average Bonchev–Trinajstić information content (AvgIpc) is 2.27. The molecule has 5 heteroatoms. The molecular formula is C13H26N2O3. The molecule has 1 N–H and O–H groups in total. The molecule has 0 aliphatic rings. The van der Waals surface area contributed by atoms with Crippen LogP contribution in [0, 0.1) is 11.8 Å². The van der Waals surface area contributed by atoms with E-state index in [1.165, 1.54) is 0 Å². The Kier molecular flexibility index (Phi) is 8.37. The van der Waals surface area contributed by atoms with Crippen molar-refractivity contribution in [2.45, 2.75) is 27.7 Å². The highest BCUT2D eigenvalue weighted by Crippen LogP contribution is 2.06. The van der Waals surface area contributed by atoms with Crippen LogP contribution in [0.25, 0.3) is 0 Å². The van der Waals surface area contributed by atoms with Crippen molar-refractivity contribution < 1.29 is 14.3 Å². The van der Waals surface area contributed by atoms with E-state index in [2.05, 4.69) is 5.32 Å². The van der Waals surface area contributed by atoms with E-state index in [1.807, 2.05) is 27.8 Å². The van der Waals surface area contributed by atoms with Crippen LogP contribution in [-0.4, -0.2) is 50.1 Å². The second-order valence-electron chi connectivity index (χ2n) is 4.88. The average molecular weight is 258 g/mol. The highest BCUT2D eigenvalue weighted by atomic mass is 16.5. The quantitative estimate of drug-likeness (QED) is 0.657. The number of ether oxygens (including phenoxy) is 1. The lowest BCUT2D eigenvalue weighted by Crippen LogP contribution is -2.43. The number of carbonyl (C=O) groups excluding carboxylic acids is 2. The second kappa shape index (κ2) is 8.91. The molecule has 0 aromatic carbocycles. The third-order valence-corrected chi connectivity index (χ3v) is 2.45. The molecule has 0 aromatic heterocycles. The molecule has 0 aromatic rings. The van der Waals surface area contributed by atoms with Gasteiger partial charge in [0.15, 0.2) is 0 Å². The van der Waals surface area contributed by atoms with E-state index in [0.29, 0.717) is 25.6 Å². The lowest BCUT2D eigenvalue weighted by atomic mass is 10.1. The van der Waals surface area contributed by atoms with Gasteiger partial charge >= 0.3 is 5.97 Å². The largest absolute Gasteiger partial charge is 0.465 e. The number of hydrogen-bond donors (Lipinski definition) is 1. The maximum absolute atomic E-state index is 12.2. The minimum absolute atomic E-state index is 0.00824. The number of esters is 1. The lowest BCUT2D eigenvalue weighted by Gasteiger charge is -2.26. The normalized spacial score (nSPS) is 12.3. The Balaban J connectivity index is 4.55. The van der Waals surface area contributed by atoms with Crippen molar-refractivity contribution in [3.05, 3.63) is 0 Å². The Morgan fingerprint density at radius 1 is 1.28 bits per heavy atom. The molecule has 0 heterocycles. The van der Waals surface area contributed by atoms with Gasteiger partial charge in [0.05, 0.1) is 6.61 Å². The Morgan fingerprint density at radius 2 is 1.89 bits per heavy atom.